The molecule has 0 N–H and O–H groups in total. The molecule has 90 valence electrons. The van der Waals surface area contributed by atoms with Crippen molar-refractivity contribution < 1.29 is 0 Å². The largest absolute Gasteiger partial charge is 0.274 e. The van der Waals surface area contributed by atoms with Crippen LogP contribution in [0.2, 0.25) is 5.28 Å². The molecule has 3 heterocycles. The second-order valence-corrected chi connectivity index (χ2v) is 5.10. The maximum atomic E-state index is 5.93. The summed E-state index contributed by atoms with van der Waals surface area (Å²) in [6.45, 7) is 2.04. The van der Waals surface area contributed by atoms with Crippen LogP contribution in [0.15, 0.2) is 30.2 Å². The second kappa shape index (κ2) is 4.47. The maximum Gasteiger partial charge on any atom is 0.239 e. The Morgan fingerprint density at radius 2 is 2.17 bits per heavy atom. The quantitative estimate of drug-likeness (QED) is 0.723. The molecule has 0 radical (unpaired) electrons. The number of imidazole rings is 1. The predicted molar refractivity (Wildman–Crippen MR) is 70.0 cm³/mol. The zero-order valence-corrected chi connectivity index (χ0v) is 11.0. The third kappa shape index (κ3) is 2.12. The van der Waals surface area contributed by atoms with Crippen molar-refractivity contribution in [3.63, 3.8) is 0 Å². The Kier molecular flexibility index (Phi) is 2.81. The first-order valence-corrected chi connectivity index (χ1v) is 6.43. The van der Waals surface area contributed by atoms with Gasteiger partial charge in [0.25, 0.3) is 0 Å². The number of halogens is 1. The molecule has 0 aromatic carbocycles. The summed E-state index contributed by atoms with van der Waals surface area (Å²) in [6.07, 6.45) is 5.04. The van der Waals surface area contributed by atoms with E-state index in [0.29, 0.717) is 11.8 Å². The number of thiophene rings is 1. The first kappa shape index (κ1) is 11.3. The molecule has 0 saturated carbocycles. The summed E-state index contributed by atoms with van der Waals surface area (Å²) in [4.78, 5) is 17.8. The molecule has 0 amide bonds. The highest BCUT2D eigenvalue weighted by atomic mass is 35.5. The van der Waals surface area contributed by atoms with Crippen LogP contribution < -0.4 is 0 Å². The van der Waals surface area contributed by atoms with E-state index in [9.17, 15) is 0 Å². The van der Waals surface area contributed by atoms with Crippen molar-refractivity contribution in [3.8, 4) is 17.3 Å². The Morgan fingerprint density at radius 1 is 1.28 bits per heavy atom. The fraction of sp³-hybridized carbons (Fsp3) is 0.0909. The summed E-state index contributed by atoms with van der Waals surface area (Å²) in [5.41, 5.74) is 0.947. The summed E-state index contributed by atoms with van der Waals surface area (Å²) in [5.74, 6) is 1.04. The van der Waals surface area contributed by atoms with E-state index in [0.717, 1.165) is 5.56 Å². The zero-order chi connectivity index (χ0) is 12.5. The van der Waals surface area contributed by atoms with Crippen LogP contribution >= 0.6 is 22.9 Å². The third-order valence-electron chi connectivity index (χ3n) is 2.32. The Bertz CT molecular complexity index is 677. The average molecular weight is 278 g/mol. The van der Waals surface area contributed by atoms with Gasteiger partial charge in [0.2, 0.25) is 11.2 Å². The van der Waals surface area contributed by atoms with Gasteiger partial charge in [-0.25, -0.2) is 4.98 Å². The molecule has 3 rings (SSSR count). The van der Waals surface area contributed by atoms with Crippen molar-refractivity contribution in [1.82, 2.24) is 24.5 Å². The van der Waals surface area contributed by atoms with E-state index in [1.165, 1.54) is 4.88 Å². The molecule has 0 aliphatic carbocycles. The lowest BCUT2D eigenvalue weighted by molar-refractivity contribution is 0.899. The molecule has 0 aliphatic rings. The van der Waals surface area contributed by atoms with Gasteiger partial charge >= 0.3 is 0 Å². The molecule has 0 fully saturated rings. The molecule has 0 bridgehead atoms. The van der Waals surface area contributed by atoms with Gasteiger partial charge in [-0.3, -0.25) is 4.57 Å². The van der Waals surface area contributed by atoms with Crippen LogP contribution in [-0.2, 0) is 0 Å². The fourth-order valence-electron chi connectivity index (χ4n) is 1.52. The minimum atomic E-state index is 0.174. The lowest BCUT2D eigenvalue weighted by Crippen LogP contribution is -2.02. The number of hydrogen-bond acceptors (Lipinski definition) is 5. The molecule has 0 spiro atoms. The van der Waals surface area contributed by atoms with Crippen molar-refractivity contribution in [2.24, 2.45) is 0 Å². The third-order valence-corrected chi connectivity index (χ3v) is 3.35. The number of aromatic nitrogens is 5. The number of nitrogens with zero attached hydrogens (tertiary/aromatic N) is 5. The van der Waals surface area contributed by atoms with Gasteiger partial charge in [-0.2, -0.15) is 15.0 Å². The Balaban J connectivity index is 2.11. The lowest BCUT2D eigenvalue weighted by Gasteiger charge is -2.02. The van der Waals surface area contributed by atoms with Crippen LogP contribution in [0.5, 0.6) is 0 Å². The van der Waals surface area contributed by atoms with Gasteiger partial charge in [-0.1, -0.05) is 0 Å². The minimum Gasteiger partial charge on any atom is -0.274 e. The van der Waals surface area contributed by atoms with Crippen molar-refractivity contribution in [2.75, 3.05) is 0 Å². The average Bonchev–Trinajstić information content (AvgIpc) is 2.98. The van der Waals surface area contributed by atoms with Gasteiger partial charge in [0.05, 0.1) is 0 Å². The van der Waals surface area contributed by atoms with E-state index in [1.807, 2.05) is 18.4 Å². The molecule has 5 nitrogen and oxygen atoms in total. The van der Waals surface area contributed by atoms with Crippen molar-refractivity contribution in [2.45, 2.75) is 6.92 Å². The normalized spacial score (nSPS) is 10.8. The molecule has 3 aromatic heterocycles. The highest BCUT2D eigenvalue weighted by Crippen LogP contribution is 2.23. The number of aryl methyl sites for hydroxylation is 1. The molecular formula is C11H8ClN5S. The first-order valence-electron chi connectivity index (χ1n) is 5.18. The molecule has 18 heavy (non-hydrogen) atoms. The van der Waals surface area contributed by atoms with Crippen LogP contribution in [-0.4, -0.2) is 24.5 Å². The highest BCUT2D eigenvalue weighted by Gasteiger charge is 2.09. The van der Waals surface area contributed by atoms with Gasteiger partial charge in [-0.05, 0) is 24.6 Å². The van der Waals surface area contributed by atoms with E-state index in [1.54, 1.807) is 34.6 Å². The van der Waals surface area contributed by atoms with Gasteiger partial charge in [0, 0.05) is 28.2 Å². The van der Waals surface area contributed by atoms with E-state index in [2.05, 4.69) is 19.9 Å². The van der Waals surface area contributed by atoms with Gasteiger partial charge in [0.15, 0.2) is 5.82 Å². The summed E-state index contributed by atoms with van der Waals surface area (Å²) < 4.78 is 1.69. The van der Waals surface area contributed by atoms with Crippen LogP contribution in [0, 0.1) is 6.92 Å². The Morgan fingerprint density at radius 3 is 2.83 bits per heavy atom. The lowest BCUT2D eigenvalue weighted by atomic mass is 10.3. The minimum absolute atomic E-state index is 0.174. The molecule has 0 unspecified atom stereocenters. The molecular weight excluding hydrogens is 270 g/mol. The standard InChI is InChI=1S/C11H8ClN5S/c1-7-4-8(5-18-7)9-14-10(12)16-11(15-9)17-3-2-13-6-17/h2-6H,1H3. The molecule has 0 aliphatic heterocycles. The predicted octanol–water partition coefficient (Wildman–Crippen LogP) is 2.75. The molecule has 0 saturated heterocycles. The topological polar surface area (TPSA) is 56.5 Å². The smallest absolute Gasteiger partial charge is 0.239 e. The summed E-state index contributed by atoms with van der Waals surface area (Å²) >= 11 is 7.58. The van der Waals surface area contributed by atoms with Crippen LogP contribution in [0.1, 0.15) is 4.88 Å². The fourth-order valence-corrected chi connectivity index (χ4v) is 2.36. The molecule has 7 heteroatoms. The van der Waals surface area contributed by atoms with E-state index in [4.69, 9.17) is 11.6 Å². The maximum absolute atomic E-state index is 5.93. The van der Waals surface area contributed by atoms with Crippen molar-refractivity contribution >= 4 is 22.9 Å². The first-order chi connectivity index (χ1) is 8.72. The van der Waals surface area contributed by atoms with Crippen molar-refractivity contribution in [1.29, 1.82) is 0 Å². The van der Waals surface area contributed by atoms with Crippen LogP contribution in [0.3, 0.4) is 0 Å². The Hall–Kier alpha value is -1.79. The van der Waals surface area contributed by atoms with Crippen LogP contribution in [0.4, 0.5) is 0 Å². The van der Waals surface area contributed by atoms with E-state index < -0.39 is 0 Å². The Labute approximate surface area is 112 Å². The monoisotopic (exact) mass is 277 g/mol. The molecule has 3 aromatic rings. The van der Waals surface area contributed by atoms with Crippen molar-refractivity contribution in [3.05, 3.63) is 40.3 Å². The van der Waals surface area contributed by atoms with E-state index >= 15 is 0 Å². The summed E-state index contributed by atoms with van der Waals surface area (Å²) in [7, 11) is 0. The van der Waals surface area contributed by atoms with Gasteiger partial charge < -0.3 is 0 Å². The summed E-state index contributed by atoms with van der Waals surface area (Å²) in [6, 6.07) is 2.02. The van der Waals surface area contributed by atoms with Gasteiger partial charge in [0.1, 0.15) is 6.33 Å². The van der Waals surface area contributed by atoms with Gasteiger partial charge in [-0.15, -0.1) is 11.3 Å². The number of hydrogen-bond donors (Lipinski definition) is 0. The number of rotatable bonds is 2. The zero-order valence-electron chi connectivity index (χ0n) is 9.41. The van der Waals surface area contributed by atoms with Crippen LogP contribution in [0.25, 0.3) is 17.3 Å². The molecule has 0 atom stereocenters. The van der Waals surface area contributed by atoms with E-state index in [-0.39, 0.29) is 5.28 Å². The highest BCUT2D eigenvalue weighted by molar-refractivity contribution is 7.10. The SMILES string of the molecule is Cc1cc(-c2nc(Cl)nc(-n3ccnc3)n2)cs1. The summed E-state index contributed by atoms with van der Waals surface area (Å²) in [5, 5.41) is 2.17. The second-order valence-electron chi connectivity index (χ2n) is 3.64.